The van der Waals surface area contributed by atoms with E-state index in [9.17, 15) is 0 Å². The van der Waals surface area contributed by atoms with Crippen LogP contribution in [0.1, 0.15) is 168 Å². The van der Waals surface area contributed by atoms with Crippen LogP contribution in [0.4, 0.5) is 0 Å². The summed E-state index contributed by atoms with van der Waals surface area (Å²) in [6.07, 6.45) is 32.8. The van der Waals surface area contributed by atoms with Crippen LogP contribution in [0.5, 0.6) is 11.5 Å². The molecule has 0 radical (unpaired) electrons. The van der Waals surface area contributed by atoms with Crippen molar-refractivity contribution in [2.24, 2.45) is 0 Å². The normalized spacial score (nSPS) is 11.2. The van der Waals surface area contributed by atoms with Crippen LogP contribution in [0.15, 0.2) is 97.1 Å². The van der Waals surface area contributed by atoms with E-state index in [1.807, 2.05) is 0 Å². The summed E-state index contributed by atoms with van der Waals surface area (Å²) in [4.78, 5) is 0. The van der Waals surface area contributed by atoms with Gasteiger partial charge in [-0.05, 0) is 70.5 Å². The van der Waals surface area contributed by atoms with Gasteiger partial charge in [-0.15, -0.1) is 0 Å². The molecule has 2 heteroatoms. The van der Waals surface area contributed by atoms with Gasteiger partial charge in [-0.3, -0.25) is 0 Å². The van der Waals surface area contributed by atoms with E-state index in [4.69, 9.17) is 9.47 Å². The summed E-state index contributed by atoms with van der Waals surface area (Å²) >= 11 is 0. The largest absolute Gasteiger partial charge is 0.494 e. The number of unbranched alkanes of at least 4 members (excludes halogenated alkanes) is 22. The molecule has 0 saturated carbocycles. The van der Waals surface area contributed by atoms with Crippen LogP contribution < -0.4 is 9.47 Å². The molecule has 0 fully saturated rings. The highest BCUT2D eigenvalue weighted by Crippen LogP contribution is 2.29. The molecule has 0 aliphatic carbocycles. The highest BCUT2D eigenvalue weighted by Gasteiger charge is 2.05. The Morgan fingerprint density at radius 2 is 0.426 bits per heavy atom. The lowest BCUT2D eigenvalue weighted by Gasteiger charge is -2.09. The Hall–Kier alpha value is -3.52. The molecule has 0 bridgehead atoms. The van der Waals surface area contributed by atoms with Gasteiger partial charge in [0, 0.05) is 0 Å². The van der Waals surface area contributed by atoms with Crippen LogP contribution in [0.25, 0.3) is 33.4 Å². The lowest BCUT2D eigenvalue weighted by molar-refractivity contribution is 0.304. The molecule has 0 aliphatic rings. The molecule has 0 aliphatic heterocycles. The fourth-order valence-corrected chi connectivity index (χ4v) is 7.46. The van der Waals surface area contributed by atoms with Crippen LogP contribution in [0, 0.1) is 0 Å². The molecule has 0 unspecified atom stereocenters. The Balaban J connectivity index is 1.07. The number of hydrogen-bond acceptors (Lipinski definition) is 2. The van der Waals surface area contributed by atoms with Gasteiger partial charge >= 0.3 is 0 Å². The molecule has 0 amide bonds. The van der Waals surface area contributed by atoms with Crippen molar-refractivity contribution in [3.05, 3.63) is 97.1 Å². The Morgan fingerprint density at radius 1 is 0.241 bits per heavy atom. The molecular weight excluding hydrogens is 657 g/mol. The number of benzene rings is 4. The smallest absolute Gasteiger partial charge is 0.119 e. The number of hydrogen-bond donors (Lipinski definition) is 0. The summed E-state index contributed by atoms with van der Waals surface area (Å²) < 4.78 is 12.1. The maximum Gasteiger partial charge on any atom is 0.119 e. The summed E-state index contributed by atoms with van der Waals surface area (Å²) in [6.45, 7) is 6.20. The zero-order chi connectivity index (χ0) is 37.7. The molecule has 0 spiro atoms. The quantitative estimate of drug-likeness (QED) is 0.0480. The molecule has 294 valence electrons. The fourth-order valence-electron chi connectivity index (χ4n) is 7.46. The Kier molecular flexibility index (Phi) is 22.4. The average Bonchev–Trinajstić information content (AvgIpc) is 3.22. The van der Waals surface area contributed by atoms with Crippen molar-refractivity contribution >= 4 is 0 Å². The van der Waals surface area contributed by atoms with E-state index in [0.29, 0.717) is 0 Å². The molecule has 2 nitrogen and oxygen atoms in total. The highest BCUT2D eigenvalue weighted by atomic mass is 16.5. The predicted octanol–water partition coefficient (Wildman–Crippen LogP) is 16.8. The molecule has 4 aromatic carbocycles. The fraction of sp³-hybridized carbons (Fsp3) is 0.538. The lowest BCUT2D eigenvalue weighted by Crippen LogP contribution is -1.97. The second kappa shape index (κ2) is 28.0. The summed E-state index contributed by atoms with van der Waals surface area (Å²) in [5, 5.41) is 0. The standard InChI is InChI=1S/C52H74O2/c1-3-5-7-9-11-13-15-17-19-21-23-25-43-53-51-39-35-49(36-40-51)47-31-27-45(28-32-47)46-29-33-48(34-30-46)50-37-41-52(42-38-50)54-44-26-24-22-20-18-16-14-12-10-8-6-4-2/h27-42H,3-26,43-44H2,1-2H3. The summed E-state index contributed by atoms with van der Waals surface area (Å²) in [6, 6.07) is 35.0. The third kappa shape index (κ3) is 17.7. The molecule has 4 aromatic rings. The highest BCUT2D eigenvalue weighted by molar-refractivity contribution is 5.73. The van der Waals surface area contributed by atoms with Crippen molar-refractivity contribution in [3.63, 3.8) is 0 Å². The van der Waals surface area contributed by atoms with E-state index in [-0.39, 0.29) is 0 Å². The van der Waals surface area contributed by atoms with Crippen LogP contribution in [-0.4, -0.2) is 13.2 Å². The third-order valence-electron chi connectivity index (χ3n) is 11.0. The van der Waals surface area contributed by atoms with E-state index in [1.165, 1.54) is 175 Å². The minimum absolute atomic E-state index is 0.809. The minimum Gasteiger partial charge on any atom is -0.494 e. The predicted molar refractivity (Wildman–Crippen MR) is 236 cm³/mol. The van der Waals surface area contributed by atoms with Gasteiger partial charge in [-0.2, -0.15) is 0 Å². The first-order valence-electron chi connectivity index (χ1n) is 22.4. The molecule has 0 saturated heterocycles. The SMILES string of the molecule is CCCCCCCCCCCCCCOc1ccc(-c2ccc(-c3ccc(-c4ccc(OCCCCCCCCCCCCCC)cc4)cc3)cc2)cc1. The Labute approximate surface area is 331 Å². The van der Waals surface area contributed by atoms with E-state index in [2.05, 4.69) is 111 Å². The summed E-state index contributed by atoms with van der Waals surface area (Å²) in [5.74, 6) is 1.94. The van der Waals surface area contributed by atoms with Gasteiger partial charge in [0.05, 0.1) is 13.2 Å². The first kappa shape index (κ1) is 43.2. The van der Waals surface area contributed by atoms with Crippen LogP contribution in [-0.2, 0) is 0 Å². The van der Waals surface area contributed by atoms with Crippen molar-refractivity contribution in [3.8, 4) is 44.9 Å². The summed E-state index contributed by atoms with van der Waals surface area (Å²) in [5.41, 5.74) is 7.35. The average molecular weight is 731 g/mol. The van der Waals surface area contributed by atoms with Crippen LogP contribution >= 0.6 is 0 Å². The van der Waals surface area contributed by atoms with Gasteiger partial charge in [0.15, 0.2) is 0 Å². The lowest BCUT2D eigenvalue weighted by atomic mass is 9.98. The van der Waals surface area contributed by atoms with E-state index in [1.54, 1.807) is 0 Å². The number of ether oxygens (including phenoxy) is 2. The molecule has 0 aromatic heterocycles. The van der Waals surface area contributed by atoms with Crippen molar-refractivity contribution in [2.75, 3.05) is 13.2 Å². The Bertz CT molecular complexity index is 1340. The zero-order valence-corrected chi connectivity index (χ0v) is 34.4. The zero-order valence-electron chi connectivity index (χ0n) is 34.4. The van der Waals surface area contributed by atoms with Gasteiger partial charge in [-0.1, -0.05) is 228 Å². The monoisotopic (exact) mass is 731 g/mol. The van der Waals surface area contributed by atoms with E-state index >= 15 is 0 Å². The second-order valence-electron chi connectivity index (χ2n) is 15.7. The molecule has 0 atom stereocenters. The van der Waals surface area contributed by atoms with Crippen LogP contribution in [0.2, 0.25) is 0 Å². The maximum atomic E-state index is 6.05. The van der Waals surface area contributed by atoms with E-state index < -0.39 is 0 Å². The summed E-state index contributed by atoms with van der Waals surface area (Å²) in [7, 11) is 0. The number of rotatable bonds is 31. The maximum absolute atomic E-state index is 6.05. The van der Waals surface area contributed by atoms with Crippen molar-refractivity contribution in [1.29, 1.82) is 0 Å². The molecule has 0 N–H and O–H groups in total. The van der Waals surface area contributed by atoms with Gasteiger partial charge in [0.1, 0.15) is 11.5 Å². The van der Waals surface area contributed by atoms with Gasteiger partial charge < -0.3 is 9.47 Å². The molecule has 54 heavy (non-hydrogen) atoms. The second-order valence-corrected chi connectivity index (χ2v) is 15.7. The van der Waals surface area contributed by atoms with Crippen molar-refractivity contribution < 1.29 is 9.47 Å². The van der Waals surface area contributed by atoms with Gasteiger partial charge in [0.2, 0.25) is 0 Å². The van der Waals surface area contributed by atoms with E-state index in [0.717, 1.165) is 37.6 Å². The van der Waals surface area contributed by atoms with Crippen molar-refractivity contribution in [1.82, 2.24) is 0 Å². The van der Waals surface area contributed by atoms with Crippen LogP contribution in [0.3, 0.4) is 0 Å². The van der Waals surface area contributed by atoms with Gasteiger partial charge in [0.25, 0.3) is 0 Å². The molecular formula is C52H74O2. The van der Waals surface area contributed by atoms with Crippen molar-refractivity contribution in [2.45, 2.75) is 168 Å². The molecule has 4 rings (SSSR count). The first-order valence-corrected chi connectivity index (χ1v) is 22.4. The molecule has 0 heterocycles. The Morgan fingerprint density at radius 3 is 0.648 bits per heavy atom. The first-order chi connectivity index (χ1) is 26.8. The third-order valence-corrected chi connectivity index (χ3v) is 11.0. The minimum atomic E-state index is 0.809. The topological polar surface area (TPSA) is 18.5 Å². The van der Waals surface area contributed by atoms with Gasteiger partial charge in [-0.25, -0.2) is 0 Å².